The van der Waals surface area contributed by atoms with Crippen molar-refractivity contribution in [3.05, 3.63) is 29.6 Å². The maximum Gasteiger partial charge on any atom is 0.143 e. The average molecular weight is 206 g/mol. The van der Waals surface area contributed by atoms with Gasteiger partial charge < -0.3 is 5.32 Å². The van der Waals surface area contributed by atoms with Crippen LogP contribution in [0.4, 0.5) is 10.1 Å². The third kappa shape index (κ3) is 2.69. The highest BCUT2D eigenvalue weighted by atomic mass is 19.1. The van der Waals surface area contributed by atoms with Crippen molar-refractivity contribution in [3.8, 4) is 6.07 Å². The van der Waals surface area contributed by atoms with E-state index in [0.29, 0.717) is 11.7 Å². The van der Waals surface area contributed by atoms with Crippen molar-refractivity contribution < 1.29 is 4.39 Å². The Morgan fingerprint density at radius 3 is 2.60 bits per heavy atom. The Kier molecular flexibility index (Phi) is 4.11. The van der Waals surface area contributed by atoms with Crippen molar-refractivity contribution in [2.24, 2.45) is 0 Å². The third-order valence-electron chi connectivity index (χ3n) is 2.47. The van der Waals surface area contributed by atoms with Gasteiger partial charge in [-0.2, -0.15) is 5.26 Å². The molecule has 1 aromatic rings. The predicted molar refractivity (Wildman–Crippen MR) is 59.1 cm³/mol. The summed E-state index contributed by atoms with van der Waals surface area (Å²) in [5.41, 5.74) is 0.690. The number of nitriles is 1. The van der Waals surface area contributed by atoms with Crippen molar-refractivity contribution in [2.45, 2.75) is 32.7 Å². The highest BCUT2D eigenvalue weighted by Gasteiger charge is 2.10. The summed E-state index contributed by atoms with van der Waals surface area (Å²) in [6, 6.07) is 6.82. The topological polar surface area (TPSA) is 35.8 Å². The number of hydrogen-bond acceptors (Lipinski definition) is 2. The van der Waals surface area contributed by atoms with E-state index in [1.165, 1.54) is 6.07 Å². The van der Waals surface area contributed by atoms with E-state index in [-0.39, 0.29) is 5.56 Å². The molecule has 0 bridgehead atoms. The molecule has 0 aliphatic carbocycles. The van der Waals surface area contributed by atoms with Crippen LogP contribution in [0.2, 0.25) is 0 Å². The zero-order valence-corrected chi connectivity index (χ0v) is 9.05. The van der Waals surface area contributed by atoms with Gasteiger partial charge >= 0.3 is 0 Å². The summed E-state index contributed by atoms with van der Waals surface area (Å²) in [5.74, 6) is -0.464. The van der Waals surface area contributed by atoms with Crippen LogP contribution >= 0.6 is 0 Å². The highest BCUT2D eigenvalue weighted by molar-refractivity contribution is 5.58. The Hall–Kier alpha value is -1.56. The van der Waals surface area contributed by atoms with Crippen LogP contribution in [-0.4, -0.2) is 6.04 Å². The number of rotatable bonds is 4. The largest absolute Gasteiger partial charge is 0.381 e. The molecular weight excluding hydrogens is 191 g/mol. The molecule has 0 atom stereocenters. The monoisotopic (exact) mass is 206 g/mol. The smallest absolute Gasteiger partial charge is 0.143 e. The van der Waals surface area contributed by atoms with Gasteiger partial charge in [-0.3, -0.25) is 0 Å². The van der Waals surface area contributed by atoms with E-state index in [4.69, 9.17) is 5.26 Å². The summed E-state index contributed by atoms with van der Waals surface area (Å²) < 4.78 is 13.2. The van der Waals surface area contributed by atoms with Gasteiger partial charge in [0, 0.05) is 6.04 Å². The van der Waals surface area contributed by atoms with Gasteiger partial charge in [-0.05, 0) is 25.0 Å². The lowest BCUT2D eigenvalue weighted by Crippen LogP contribution is -2.17. The number of nitrogens with zero attached hydrogens (tertiary/aromatic N) is 1. The molecule has 0 amide bonds. The molecule has 3 heteroatoms. The first-order valence-corrected chi connectivity index (χ1v) is 5.18. The number of hydrogen-bond donors (Lipinski definition) is 1. The third-order valence-corrected chi connectivity index (χ3v) is 2.47. The van der Waals surface area contributed by atoms with Crippen molar-refractivity contribution in [3.63, 3.8) is 0 Å². The second-order valence-corrected chi connectivity index (χ2v) is 3.43. The van der Waals surface area contributed by atoms with Gasteiger partial charge in [-0.1, -0.05) is 19.9 Å². The first-order chi connectivity index (χ1) is 7.22. The van der Waals surface area contributed by atoms with Gasteiger partial charge in [0.2, 0.25) is 0 Å². The van der Waals surface area contributed by atoms with Crippen LogP contribution in [-0.2, 0) is 0 Å². The number of halogens is 1. The van der Waals surface area contributed by atoms with E-state index in [1.54, 1.807) is 12.1 Å². The maximum atomic E-state index is 13.2. The minimum absolute atomic E-state index is 0.101. The van der Waals surface area contributed by atoms with Crippen molar-refractivity contribution >= 4 is 5.69 Å². The Labute approximate surface area is 89.7 Å². The minimum atomic E-state index is -0.464. The van der Waals surface area contributed by atoms with Gasteiger partial charge in [0.1, 0.15) is 17.4 Å². The molecule has 0 fully saturated rings. The Morgan fingerprint density at radius 1 is 1.40 bits per heavy atom. The molecule has 2 nitrogen and oxygen atoms in total. The first kappa shape index (κ1) is 11.5. The van der Waals surface area contributed by atoms with Gasteiger partial charge in [0.25, 0.3) is 0 Å². The Morgan fingerprint density at radius 2 is 2.07 bits per heavy atom. The Bertz CT molecular complexity index is 364. The number of nitrogens with one attached hydrogen (secondary N) is 1. The summed E-state index contributed by atoms with van der Waals surface area (Å²) in [6.45, 7) is 4.12. The molecule has 1 rings (SSSR count). The molecule has 0 heterocycles. The Balaban J connectivity index is 2.95. The van der Waals surface area contributed by atoms with E-state index >= 15 is 0 Å². The standard InChI is InChI=1S/C12H15FN2/c1-3-9(4-2)15-12-7-5-6-11(13)10(12)8-14/h5-7,9,15H,3-4H2,1-2H3. The molecule has 80 valence electrons. The summed E-state index contributed by atoms with van der Waals surface area (Å²) in [4.78, 5) is 0. The fraction of sp³-hybridized carbons (Fsp3) is 0.417. The van der Waals surface area contributed by atoms with E-state index in [0.717, 1.165) is 12.8 Å². The minimum Gasteiger partial charge on any atom is -0.381 e. The van der Waals surface area contributed by atoms with Crippen LogP contribution in [0, 0.1) is 17.1 Å². The molecule has 1 N–H and O–H groups in total. The quantitative estimate of drug-likeness (QED) is 0.820. The van der Waals surface area contributed by atoms with Gasteiger partial charge in [-0.15, -0.1) is 0 Å². The molecule has 0 saturated carbocycles. The fourth-order valence-electron chi connectivity index (χ4n) is 1.47. The molecule has 0 saturated heterocycles. The molecule has 0 aromatic heterocycles. The SMILES string of the molecule is CCC(CC)Nc1cccc(F)c1C#N. The molecule has 0 spiro atoms. The summed E-state index contributed by atoms with van der Waals surface area (Å²) >= 11 is 0. The molecule has 0 radical (unpaired) electrons. The highest BCUT2D eigenvalue weighted by Crippen LogP contribution is 2.19. The molecule has 1 aromatic carbocycles. The zero-order chi connectivity index (χ0) is 11.3. The number of benzene rings is 1. The fourth-order valence-corrected chi connectivity index (χ4v) is 1.47. The molecule has 0 aliphatic heterocycles. The predicted octanol–water partition coefficient (Wildman–Crippen LogP) is 3.30. The number of anilines is 1. The van der Waals surface area contributed by atoms with Gasteiger partial charge in [0.05, 0.1) is 5.69 Å². The lowest BCUT2D eigenvalue weighted by atomic mass is 10.1. The van der Waals surface area contributed by atoms with Crippen LogP contribution in [0.1, 0.15) is 32.3 Å². The zero-order valence-electron chi connectivity index (χ0n) is 9.05. The van der Waals surface area contributed by atoms with Crippen molar-refractivity contribution in [1.29, 1.82) is 5.26 Å². The molecular formula is C12H15FN2. The van der Waals surface area contributed by atoms with Gasteiger partial charge in [-0.25, -0.2) is 4.39 Å². The van der Waals surface area contributed by atoms with Crippen molar-refractivity contribution in [1.82, 2.24) is 0 Å². The summed E-state index contributed by atoms with van der Waals surface area (Å²) in [7, 11) is 0. The average Bonchev–Trinajstić information content (AvgIpc) is 2.26. The van der Waals surface area contributed by atoms with E-state index in [9.17, 15) is 4.39 Å². The maximum absolute atomic E-state index is 13.2. The van der Waals surface area contributed by atoms with Crippen molar-refractivity contribution in [2.75, 3.05) is 5.32 Å². The second-order valence-electron chi connectivity index (χ2n) is 3.43. The summed E-state index contributed by atoms with van der Waals surface area (Å²) in [6.07, 6.45) is 1.91. The van der Waals surface area contributed by atoms with Crippen LogP contribution in [0.3, 0.4) is 0 Å². The van der Waals surface area contributed by atoms with Crippen LogP contribution in [0.15, 0.2) is 18.2 Å². The first-order valence-electron chi connectivity index (χ1n) is 5.18. The lowest BCUT2D eigenvalue weighted by Gasteiger charge is -2.17. The van der Waals surface area contributed by atoms with Crippen LogP contribution in [0.25, 0.3) is 0 Å². The van der Waals surface area contributed by atoms with Gasteiger partial charge in [0.15, 0.2) is 0 Å². The van der Waals surface area contributed by atoms with Crippen LogP contribution < -0.4 is 5.32 Å². The lowest BCUT2D eigenvalue weighted by molar-refractivity contribution is 0.622. The van der Waals surface area contributed by atoms with E-state index in [1.807, 2.05) is 6.07 Å². The molecule has 15 heavy (non-hydrogen) atoms. The normalized spacial score (nSPS) is 10.1. The molecule has 0 aliphatic rings. The van der Waals surface area contributed by atoms with E-state index < -0.39 is 5.82 Å². The molecule has 0 unspecified atom stereocenters. The second kappa shape index (κ2) is 5.35. The summed E-state index contributed by atoms with van der Waals surface area (Å²) in [5, 5.41) is 12.0. The van der Waals surface area contributed by atoms with Crippen LogP contribution in [0.5, 0.6) is 0 Å². The van der Waals surface area contributed by atoms with E-state index in [2.05, 4.69) is 19.2 Å².